The minimum atomic E-state index is -4.56. The highest BCUT2D eigenvalue weighted by Crippen LogP contribution is 2.39. The molecule has 0 N–H and O–H groups in total. The molecule has 4 rings (SSSR count). The van der Waals surface area contributed by atoms with E-state index in [1.807, 2.05) is 6.07 Å². The average Bonchev–Trinajstić information content (AvgIpc) is 3.15. The normalized spacial score (nSPS) is 18.0. The first-order valence-electron chi connectivity index (χ1n) is 10.3. The van der Waals surface area contributed by atoms with Gasteiger partial charge in [-0.15, -0.1) is 0 Å². The molecule has 3 aromatic rings. The molecule has 1 amide bonds. The van der Waals surface area contributed by atoms with E-state index in [4.69, 9.17) is 14.7 Å². The van der Waals surface area contributed by atoms with Crippen molar-refractivity contribution in [2.24, 2.45) is 0 Å². The van der Waals surface area contributed by atoms with Crippen LogP contribution >= 0.6 is 0 Å². The summed E-state index contributed by atoms with van der Waals surface area (Å²) in [6.07, 6.45) is -6.22. The first-order valence-corrected chi connectivity index (χ1v) is 10.3. The van der Waals surface area contributed by atoms with Crippen molar-refractivity contribution in [2.45, 2.75) is 24.9 Å². The number of benzene rings is 3. The Morgan fingerprint density at radius 3 is 2.38 bits per heavy atom. The second kappa shape index (κ2) is 9.53. The van der Waals surface area contributed by atoms with Gasteiger partial charge in [0, 0.05) is 5.69 Å². The van der Waals surface area contributed by atoms with Crippen molar-refractivity contribution in [3.8, 4) is 6.07 Å². The summed E-state index contributed by atoms with van der Waals surface area (Å²) in [6.45, 7) is -0.00266. The van der Waals surface area contributed by atoms with E-state index >= 15 is 0 Å². The monoisotopic (exact) mass is 470 g/mol. The highest BCUT2D eigenvalue weighted by atomic mass is 19.4. The SMILES string of the molecule is N#Cc1ccc(N2C(=O)OC(COCc3ccc(F)cc3)C2c2cccc(C(F)(F)F)c2)cc1. The molecule has 0 radical (unpaired) electrons. The fourth-order valence-corrected chi connectivity index (χ4v) is 3.75. The molecule has 1 fully saturated rings. The minimum Gasteiger partial charge on any atom is -0.441 e. The number of halogens is 4. The van der Waals surface area contributed by atoms with Crippen molar-refractivity contribution in [2.75, 3.05) is 11.5 Å². The van der Waals surface area contributed by atoms with E-state index < -0.39 is 35.8 Å². The molecular formula is C25H18F4N2O3. The van der Waals surface area contributed by atoms with Crippen molar-refractivity contribution >= 4 is 11.8 Å². The van der Waals surface area contributed by atoms with Gasteiger partial charge in [-0.3, -0.25) is 4.90 Å². The summed E-state index contributed by atoms with van der Waals surface area (Å²) in [6, 6.07) is 17.5. The lowest BCUT2D eigenvalue weighted by Gasteiger charge is -2.26. The molecule has 3 aromatic carbocycles. The van der Waals surface area contributed by atoms with Crippen LogP contribution in [0, 0.1) is 17.1 Å². The number of ether oxygens (including phenoxy) is 2. The Morgan fingerprint density at radius 2 is 1.74 bits per heavy atom. The maximum absolute atomic E-state index is 13.4. The molecule has 5 nitrogen and oxygen atoms in total. The van der Waals surface area contributed by atoms with Gasteiger partial charge >= 0.3 is 12.3 Å². The predicted octanol–water partition coefficient (Wildman–Crippen LogP) is 6.00. The smallest absolute Gasteiger partial charge is 0.416 e. The second-order valence-electron chi connectivity index (χ2n) is 7.66. The lowest BCUT2D eigenvalue weighted by molar-refractivity contribution is -0.137. The first-order chi connectivity index (χ1) is 16.3. The largest absolute Gasteiger partial charge is 0.441 e. The molecule has 0 aliphatic carbocycles. The first kappa shape index (κ1) is 23.3. The standard InChI is InChI=1S/C25H18F4N2O3/c26-20-8-4-17(5-9-20)14-33-15-22-23(18-2-1-3-19(12-18)25(27,28)29)31(24(32)34-22)21-10-6-16(13-30)7-11-21/h1-12,22-23H,14-15H2. The van der Waals surface area contributed by atoms with Crippen LogP contribution in [-0.4, -0.2) is 18.8 Å². The van der Waals surface area contributed by atoms with E-state index in [1.54, 1.807) is 12.1 Å². The maximum atomic E-state index is 13.4. The number of anilines is 1. The highest BCUT2D eigenvalue weighted by molar-refractivity contribution is 5.91. The molecule has 0 spiro atoms. The molecule has 0 bridgehead atoms. The van der Waals surface area contributed by atoms with Gasteiger partial charge in [0.05, 0.1) is 30.4 Å². The quantitative estimate of drug-likeness (QED) is 0.415. The van der Waals surface area contributed by atoms with E-state index in [-0.39, 0.29) is 18.8 Å². The lowest BCUT2D eigenvalue weighted by Crippen LogP contribution is -2.31. The summed E-state index contributed by atoms with van der Waals surface area (Å²) >= 11 is 0. The second-order valence-corrected chi connectivity index (χ2v) is 7.66. The van der Waals surface area contributed by atoms with Gasteiger partial charge in [-0.1, -0.05) is 24.3 Å². The van der Waals surface area contributed by atoms with Crippen LogP contribution in [0.1, 0.15) is 28.3 Å². The molecule has 2 unspecified atom stereocenters. The lowest BCUT2D eigenvalue weighted by atomic mass is 9.98. The third-order valence-electron chi connectivity index (χ3n) is 5.37. The van der Waals surface area contributed by atoms with Crippen LogP contribution in [0.4, 0.5) is 28.0 Å². The third-order valence-corrected chi connectivity index (χ3v) is 5.37. The highest BCUT2D eigenvalue weighted by Gasteiger charge is 2.44. The van der Waals surface area contributed by atoms with Crippen LogP contribution in [0.25, 0.3) is 0 Å². The molecule has 1 aliphatic heterocycles. The Hall–Kier alpha value is -3.90. The van der Waals surface area contributed by atoms with Crippen LogP contribution in [0.5, 0.6) is 0 Å². The van der Waals surface area contributed by atoms with E-state index in [1.165, 1.54) is 53.4 Å². The summed E-state index contributed by atoms with van der Waals surface area (Å²) < 4.78 is 64.3. The summed E-state index contributed by atoms with van der Waals surface area (Å²) in [4.78, 5) is 14.0. The molecule has 174 valence electrons. The number of carbonyl (C=O) groups excluding carboxylic acids is 1. The Kier molecular flexibility index (Phi) is 6.52. The van der Waals surface area contributed by atoms with Gasteiger partial charge in [0.2, 0.25) is 0 Å². The topological polar surface area (TPSA) is 62.6 Å². The van der Waals surface area contributed by atoms with Crippen LogP contribution in [0.3, 0.4) is 0 Å². The van der Waals surface area contributed by atoms with E-state index in [9.17, 15) is 22.4 Å². The number of cyclic esters (lactones) is 1. The number of nitriles is 1. The zero-order chi connectivity index (χ0) is 24.3. The molecule has 1 aliphatic rings. The summed E-state index contributed by atoms with van der Waals surface area (Å²) in [5.41, 5.74) is 0.791. The Balaban J connectivity index is 1.63. The number of nitrogens with zero attached hydrogens (tertiary/aromatic N) is 2. The number of amides is 1. The maximum Gasteiger partial charge on any atom is 0.416 e. The van der Waals surface area contributed by atoms with Gasteiger partial charge in [-0.25, -0.2) is 9.18 Å². The van der Waals surface area contributed by atoms with Gasteiger partial charge in [0.15, 0.2) is 6.10 Å². The number of hydrogen-bond donors (Lipinski definition) is 0. The van der Waals surface area contributed by atoms with E-state index in [0.29, 0.717) is 16.8 Å². The summed E-state index contributed by atoms with van der Waals surface area (Å²) in [5, 5.41) is 9.03. The molecular weight excluding hydrogens is 452 g/mol. The number of carbonyl (C=O) groups is 1. The average molecular weight is 470 g/mol. The Labute approximate surface area is 192 Å². The summed E-state index contributed by atoms with van der Waals surface area (Å²) in [5.74, 6) is -0.392. The minimum absolute atomic E-state index is 0.0977. The zero-order valence-electron chi connectivity index (χ0n) is 17.6. The van der Waals surface area contributed by atoms with Crippen LogP contribution in [0.2, 0.25) is 0 Å². The van der Waals surface area contributed by atoms with Gasteiger partial charge in [0.25, 0.3) is 0 Å². The number of rotatable bonds is 6. The third kappa shape index (κ3) is 5.02. The molecule has 0 saturated carbocycles. The van der Waals surface area contributed by atoms with Gasteiger partial charge in [-0.05, 0) is 59.7 Å². The molecule has 9 heteroatoms. The van der Waals surface area contributed by atoms with Crippen molar-refractivity contribution in [1.82, 2.24) is 0 Å². The zero-order valence-corrected chi connectivity index (χ0v) is 17.6. The van der Waals surface area contributed by atoms with Crippen LogP contribution < -0.4 is 4.90 Å². The fourth-order valence-electron chi connectivity index (χ4n) is 3.75. The fraction of sp³-hybridized carbons (Fsp3) is 0.200. The van der Waals surface area contributed by atoms with Gasteiger partial charge in [-0.2, -0.15) is 18.4 Å². The van der Waals surface area contributed by atoms with Gasteiger partial charge in [0.1, 0.15) is 11.9 Å². The number of alkyl halides is 3. The van der Waals surface area contributed by atoms with Crippen molar-refractivity contribution in [3.05, 3.63) is 101 Å². The van der Waals surface area contributed by atoms with Crippen molar-refractivity contribution < 1.29 is 31.8 Å². The summed E-state index contributed by atoms with van der Waals surface area (Å²) in [7, 11) is 0. The Bertz CT molecular complexity index is 1200. The van der Waals surface area contributed by atoms with Crippen molar-refractivity contribution in [3.63, 3.8) is 0 Å². The molecule has 1 heterocycles. The molecule has 34 heavy (non-hydrogen) atoms. The Morgan fingerprint density at radius 1 is 1.03 bits per heavy atom. The molecule has 0 aromatic heterocycles. The van der Waals surface area contributed by atoms with E-state index in [0.717, 1.165) is 12.1 Å². The number of hydrogen-bond acceptors (Lipinski definition) is 4. The predicted molar refractivity (Wildman–Crippen MR) is 114 cm³/mol. The van der Waals surface area contributed by atoms with Crippen LogP contribution in [-0.2, 0) is 22.3 Å². The molecule has 1 saturated heterocycles. The van der Waals surface area contributed by atoms with Crippen molar-refractivity contribution in [1.29, 1.82) is 5.26 Å². The molecule has 2 atom stereocenters. The van der Waals surface area contributed by atoms with Gasteiger partial charge < -0.3 is 9.47 Å². The van der Waals surface area contributed by atoms with E-state index in [2.05, 4.69) is 0 Å². The van der Waals surface area contributed by atoms with Crippen LogP contribution in [0.15, 0.2) is 72.8 Å².